The first-order chi connectivity index (χ1) is 8.53. The van der Waals surface area contributed by atoms with Gasteiger partial charge < -0.3 is 5.73 Å². The molecule has 0 aliphatic carbocycles. The van der Waals surface area contributed by atoms with E-state index in [1.165, 1.54) is 5.56 Å². The third-order valence-electron chi connectivity index (χ3n) is 3.12. The molecule has 1 atom stereocenters. The van der Waals surface area contributed by atoms with E-state index < -0.39 is 9.84 Å². The molecule has 0 radical (unpaired) electrons. The van der Waals surface area contributed by atoms with Crippen molar-refractivity contribution in [1.29, 1.82) is 0 Å². The Morgan fingerprint density at radius 1 is 1.17 bits per heavy atom. The summed E-state index contributed by atoms with van der Waals surface area (Å²) in [6.45, 7) is 1.69. The lowest BCUT2D eigenvalue weighted by atomic mass is 10.0. The highest BCUT2D eigenvalue weighted by molar-refractivity contribution is 7.91. The van der Waals surface area contributed by atoms with Crippen LogP contribution in [0.2, 0.25) is 0 Å². The lowest BCUT2D eigenvalue weighted by Gasteiger charge is -2.11. The van der Waals surface area contributed by atoms with E-state index >= 15 is 0 Å². The Balaban J connectivity index is 2.20. The Labute approximate surface area is 110 Å². The van der Waals surface area contributed by atoms with Crippen LogP contribution in [0.1, 0.15) is 31.7 Å². The van der Waals surface area contributed by atoms with E-state index in [-0.39, 0.29) is 17.5 Å². The summed E-state index contributed by atoms with van der Waals surface area (Å²) < 4.78 is 22.6. The lowest BCUT2D eigenvalue weighted by Crippen LogP contribution is -2.22. The predicted molar refractivity (Wildman–Crippen MR) is 76.3 cm³/mol. The highest BCUT2D eigenvalue weighted by atomic mass is 32.2. The molecule has 0 aliphatic rings. The second-order valence-corrected chi connectivity index (χ2v) is 7.14. The average molecular weight is 269 g/mol. The second-order valence-electron chi connectivity index (χ2n) is 4.66. The third kappa shape index (κ3) is 6.17. The van der Waals surface area contributed by atoms with Crippen molar-refractivity contribution >= 4 is 9.84 Å². The van der Waals surface area contributed by atoms with Gasteiger partial charge in [0.1, 0.15) is 9.84 Å². The van der Waals surface area contributed by atoms with Crippen molar-refractivity contribution in [2.24, 2.45) is 5.73 Å². The number of benzene rings is 1. The van der Waals surface area contributed by atoms with Crippen LogP contribution in [0.4, 0.5) is 0 Å². The molecule has 1 aromatic carbocycles. The van der Waals surface area contributed by atoms with Gasteiger partial charge in [0.05, 0.1) is 5.75 Å². The van der Waals surface area contributed by atoms with Crippen molar-refractivity contribution < 1.29 is 8.42 Å². The fourth-order valence-electron chi connectivity index (χ4n) is 1.85. The summed E-state index contributed by atoms with van der Waals surface area (Å²) in [5.41, 5.74) is 7.28. The zero-order valence-electron chi connectivity index (χ0n) is 11.0. The zero-order chi connectivity index (χ0) is 13.4. The fraction of sp³-hybridized carbons (Fsp3) is 0.571. The van der Waals surface area contributed by atoms with Crippen LogP contribution in [0.15, 0.2) is 30.3 Å². The monoisotopic (exact) mass is 269 g/mol. The fourth-order valence-corrected chi connectivity index (χ4v) is 2.75. The molecule has 1 rings (SSSR count). The molecule has 0 saturated heterocycles. The topological polar surface area (TPSA) is 60.2 Å². The van der Waals surface area contributed by atoms with Crippen LogP contribution in [0, 0.1) is 0 Å². The molecule has 0 spiro atoms. The lowest BCUT2D eigenvalue weighted by molar-refractivity contribution is 0.552. The second kappa shape index (κ2) is 7.54. The Kier molecular flexibility index (Phi) is 6.36. The van der Waals surface area contributed by atoms with Gasteiger partial charge in [0, 0.05) is 11.8 Å². The predicted octanol–water partition coefficient (Wildman–Crippen LogP) is 2.16. The summed E-state index contributed by atoms with van der Waals surface area (Å²) in [5, 5.41) is 0. The largest absolute Gasteiger partial charge is 0.328 e. The van der Waals surface area contributed by atoms with E-state index in [4.69, 9.17) is 5.73 Å². The van der Waals surface area contributed by atoms with Gasteiger partial charge >= 0.3 is 0 Å². The molecule has 4 heteroatoms. The van der Waals surface area contributed by atoms with E-state index in [9.17, 15) is 8.42 Å². The molecule has 0 aliphatic heterocycles. The maximum atomic E-state index is 11.3. The van der Waals surface area contributed by atoms with Crippen LogP contribution >= 0.6 is 0 Å². The minimum absolute atomic E-state index is 0.0947. The summed E-state index contributed by atoms with van der Waals surface area (Å²) in [6.07, 6.45) is 3.33. The van der Waals surface area contributed by atoms with Crippen molar-refractivity contribution in [2.45, 2.75) is 38.6 Å². The first kappa shape index (κ1) is 15.2. The molecular weight excluding hydrogens is 246 g/mol. The maximum absolute atomic E-state index is 11.3. The van der Waals surface area contributed by atoms with E-state index in [2.05, 4.69) is 12.1 Å². The van der Waals surface area contributed by atoms with Gasteiger partial charge in [-0.15, -0.1) is 0 Å². The Hall–Kier alpha value is -0.870. The molecule has 2 N–H and O–H groups in total. The average Bonchev–Trinajstić information content (AvgIpc) is 2.37. The zero-order valence-corrected chi connectivity index (χ0v) is 11.8. The standard InChI is InChI=1S/C14H23NO2S/c1-2-18(16,17)12-6-9-14(15)11-10-13-7-4-3-5-8-13/h3-5,7-8,14H,2,6,9-12,15H2,1H3. The number of hydrogen-bond acceptors (Lipinski definition) is 3. The number of aryl methyl sites for hydroxylation is 1. The van der Waals surface area contributed by atoms with Crippen LogP contribution in [0.5, 0.6) is 0 Å². The third-order valence-corrected chi connectivity index (χ3v) is 4.91. The van der Waals surface area contributed by atoms with Gasteiger partial charge in [0.25, 0.3) is 0 Å². The van der Waals surface area contributed by atoms with Crippen molar-refractivity contribution in [3.8, 4) is 0 Å². The first-order valence-electron chi connectivity index (χ1n) is 6.53. The molecule has 1 unspecified atom stereocenters. The molecule has 102 valence electrons. The van der Waals surface area contributed by atoms with Crippen LogP contribution < -0.4 is 5.73 Å². The summed E-state index contributed by atoms with van der Waals surface area (Å²) >= 11 is 0. The first-order valence-corrected chi connectivity index (χ1v) is 8.35. The molecule has 0 saturated carbocycles. The molecule has 0 heterocycles. The van der Waals surface area contributed by atoms with Crippen LogP contribution in [0.25, 0.3) is 0 Å². The number of nitrogens with two attached hydrogens (primary N) is 1. The molecule has 18 heavy (non-hydrogen) atoms. The van der Waals surface area contributed by atoms with Gasteiger partial charge in [-0.05, 0) is 31.2 Å². The smallest absolute Gasteiger partial charge is 0.150 e. The minimum atomic E-state index is -2.84. The van der Waals surface area contributed by atoms with Gasteiger partial charge in [-0.2, -0.15) is 0 Å². The SMILES string of the molecule is CCS(=O)(=O)CCCC(N)CCc1ccccc1. The Morgan fingerprint density at radius 2 is 1.83 bits per heavy atom. The normalized spacial score (nSPS) is 13.4. The molecule has 3 nitrogen and oxygen atoms in total. The van der Waals surface area contributed by atoms with E-state index in [1.807, 2.05) is 18.2 Å². The summed E-state index contributed by atoms with van der Waals surface area (Å²) in [7, 11) is -2.84. The van der Waals surface area contributed by atoms with Crippen molar-refractivity contribution in [3.05, 3.63) is 35.9 Å². The van der Waals surface area contributed by atoms with Crippen LogP contribution in [-0.4, -0.2) is 26.0 Å². The number of rotatable bonds is 8. The molecular formula is C14H23NO2S. The van der Waals surface area contributed by atoms with Gasteiger partial charge in [0.2, 0.25) is 0 Å². The number of hydrogen-bond donors (Lipinski definition) is 1. The van der Waals surface area contributed by atoms with Crippen LogP contribution in [-0.2, 0) is 16.3 Å². The van der Waals surface area contributed by atoms with Crippen LogP contribution in [0.3, 0.4) is 0 Å². The van der Waals surface area contributed by atoms with Crippen molar-refractivity contribution in [2.75, 3.05) is 11.5 Å². The van der Waals surface area contributed by atoms with Crippen molar-refractivity contribution in [1.82, 2.24) is 0 Å². The minimum Gasteiger partial charge on any atom is -0.328 e. The molecule has 0 fully saturated rings. The van der Waals surface area contributed by atoms with E-state index in [0.717, 1.165) is 19.3 Å². The van der Waals surface area contributed by atoms with E-state index in [0.29, 0.717) is 6.42 Å². The summed E-state index contributed by atoms with van der Waals surface area (Å²) in [5.74, 6) is 0.495. The molecule has 0 aromatic heterocycles. The molecule has 0 amide bonds. The summed E-state index contributed by atoms with van der Waals surface area (Å²) in [6, 6.07) is 10.3. The van der Waals surface area contributed by atoms with Gasteiger partial charge in [-0.1, -0.05) is 37.3 Å². The van der Waals surface area contributed by atoms with Gasteiger partial charge in [-0.25, -0.2) is 8.42 Å². The van der Waals surface area contributed by atoms with Gasteiger partial charge in [-0.3, -0.25) is 0 Å². The van der Waals surface area contributed by atoms with E-state index in [1.54, 1.807) is 6.92 Å². The Morgan fingerprint density at radius 3 is 2.44 bits per heavy atom. The highest BCUT2D eigenvalue weighted by Crippen LogP contribution is 2.08. The maximum Gasteiger partial charge on any atom is 0.150 e. The highest BCUT2D eigenvalue weighted by Gasteiger charge is 2.09. The Bertz CT molecular complexity index is 428. The van der Waals surface area contributed by atoms with Crippen molar-refractivity contribution in [3.63, 3.8) is 0 Å². The quantitative estimate of drug-likeness (QED) is 0.786. The van der Waals surface area contributed by atoms with Gasteiger partial charge in [0.15, 0.2) is 0 Å². The molecule has 0 bridgehead atoms. The summed E-state index contributed by atoms with van der Waals surface area (Å²) in [4.78, 5) is 0. The number of sulfone groups is 1. The molecule has 1 aromatic rings.